The lowest BCUT2D eigenvalue weighted by atomic mass is 10.0. The molecule has 6 rings (SSSR count). The molecular formula is C30H24N6O8S2. The second kappa shape index (κ2) is 12.8. The van der Waals surface area contributed by atoms with Crippen LogP contribution in [0.2, 0.25) is 0 Å². The monoisotopic (exact) mass is 660 g/mol. The molecule has 46 heavy (non-hydrogen) atoms. The highest BCUT2D eigenvalue weighted by atomic mass is 32.2. The number of benzene rings is 3. The van der Waals surface area contributed by atoms with Gasteiger partial charge >= 0.3 is 17.9 Å². The number of carbonyl (C=O) groups excluding carboxylic acids is 3. The number of thiazole rings is 1. The van der Waals surface area contributed by atoms with Crippen molar-refractivity contribution in [3.63, 3.8) is 0 Å². The zero-order valence-corrected chi connectivity index (χ0v) is 25.4. The van der Waals surface area contributed by atoms with Gasteiger partial charge in [0, 0.05) is 6.20 Å². The Bertz CT molecular complexity index is 2010. The molecule has 0 aliphatic carbocycles. The first-order valence-electron chi connectivity index (χ1n) is 13.7. The molecule has 1 fully saturated rings. The van der Waals surface area contributed by atoms with Crippen molar-refractivity contribution in [2.24, 2.45) is 0 Å². The van der Waals surface area contributed by atoms with Gasteiger partial charge in [-0.05, 0) is 29.3 Å². The van der Waals surface area contributed by atoms with Gasteiger partial charge in [-0.15, -0.1) is 11.3 Å². The number of hydrogen-bond acceptors (Lipinski definition) is 11. The molecule has 0 spiro atoms. The van der Waals surface area contributed by atoms with Gasteiger partial charge in [-0.25, -0.2) is 19.4 Å². The van der Waals surface area contributed by atoms with Crippen molar-refractivity contribution in [3.8, 4) is 0 Å². The third kappa shape index (κ3) is 6.43. The highest BCUT2D eigenvalue weighted by molar-refractivity contribution is 7.91. The average molecular weight is 661 g/mol. The van der Waals surface area contributed by atoms with E-state index in [0.29, 0.717) is 19.6 Å². The van der Waals surface area contributed by atoms with E-state index in [-0.39, 0.29) is 23.2 Å². The van der Waals surface area contributed by atoms with Gasteiger partial charge in [-0.2, -0.15) is 22.8 Å². The summed E-state index contributed by atoms with van der Waals surface area (Å²) >= 11 is 0.907. The minimum absolute atomic E-state index is 0.112. The predicted molar refractivity (Wildman–Crippen MR) is 165 cm³/mol. The number of aromatic nitrogens is 3. The van der Waals surface area contributed by atoms with E-state index in [1.807, 2.05) is 60.7 Å². The van der Waals surface area contributed by atoms with E-state index in [0.717, 1.165) is 27.0 Å². The molecule has 0 atom stereocenters. The summed E-state index contributed by atoms with van der Waals surface area (Å²) in [7, 11) is -4.32. The normalized spacial score (nSPS) is 13.5. The van der Waals surface area contributed by atoms with Gasteiger partial charge in [-0.3, -0.25) is 14.7 Å². The number of carbonyl (C=O) groups is 3. The van der Waals surface area contributed by atoms with E-state index in [1.165, 1.54) is 12.3 Å². The highest BCUT2D eigenvalue weighted by Crippen LogP contribution is 2.29. The number of ether oxygens (including phenoxy) is 1. The fourth-order valence-corrected chi connectivity index (χ4v) is 7.19. The maximum atomic E-state index is 13.1. The molecule has 3 heterocycles. The number of hydroxylamine groups is 2. The van der Waals surface area contributed by atoms with E-state index in [4.69, 9.17) is 9.57 Å². The molecule has 3 amide bonds. The van der Waals surface area contributed by atoms with Crippen LogP contribution in [0.25, 0.3) is 10.2 Å². The molecule has 234 valence electrons. The highest BCUT2D eigenvalue weighted by Gasteiger charge is 2.39. The first-order chi connectivity index (χ1) is 22.2. The van der Waals surface area contributed by atoms with E-state index in [2.05, 4.69) is 15.3 Å². The Labute approximate surface area is 265 Å². The Balaban J connectivity index is 1.07. The lowest BCUT2D eigenvalue weighted by Crippen LogP contribution is -2.52. The SMILES string of the molecule is O=C(Nc1ccn(CC(=O)N2CCN(S(=O)(=O)c3nc4ccccc4s3)C(=O)O2)c(=O)n1)OC(c1ccccc1)c1ccccc1. The lowest BCUT2D eigenvalue weighted by molar-refractivity contribution is -0.174. The van der Waals surface area contributed by atoms with Gasteiger partial charge < -0.3 is 9.57 Å². The van der Waals surface area contributed by atoms with E-state index in [1.54, 1.807) is 24.3 Å². The number of hydrogen-bond donors (Lipinski definition) is 1. The van der Waals surface area contributed by atoms with Gasteiger partial charge in [0.2, 0.25) is 4.34 Å². The van der Waals surface area contributed by atoms with Crippen molar-refractivity contribution in [2.75, 3.05) is 18.4 Å². The number of nitrogens with zero attached hydrogens (tertiary/aromatic N) is 5. The number of nitrogens with one attached hydrogen (secondary N) is 1. The summed E-state index contributed by atoms with van der Waals surface area (Å²) in [6.45, 7) is -1.24. The van der Waals surface area contributed by atoms with Crippen molar-refractivity contribution >= 4 is 55.5 Å². The maximum Gasteiger partial charge on any atom is 0.448 e. The van der Waals surface area contributed by atoms with Crippen LogP contribution in [0, 0.1) is 0 Å². The quantitative estimate of drug-likeness (QED) is 0.258. The third-order valence-corrected chi connectivity index (χ3v) is 9.96. The lowest BCUT2D eigenvalue weighted by Gasteiger charge is -2.31. The first-order valence-corrected chi connectivity index (χ1v) is 16.0. The number of fused-ring (bicyclic) bond motifs is 1. The van der Waals surface area contributed by atoms with Gasteiger partial charge in [0.15, 0.2) is 6.10 Å². The molecule has 0 saturated carbocycles. The summed E-state index contributed by atoms with van der Waals surface area (Å²) in [4.78, 5) is 63.8. The molecule has 2 aromatic heterocycles. The second-order valence-electron chi connectivity index (χ2n) is 9.83. The van der Waals surface area contributed by atoms with E-state index < -0.39 is 46.5 Å². The summed E-state index contributed by atoms with van der Waals surface area (Å²) in [5, 5.41) is 3.10. The van der Waals surface area contributed by atoms with Crippen LogP contribution in [0.4, 0.5) is 15.4 Å². The van der Waals surface area contributed by atoms with Crippen LogP contribution in [0.5, 0.6) is 0 Å². The Hall–Kier alpha value is -5.61. The van der Waals surface area contributed by atoms with Crippen molar-refractivity contribution in [1.82, 2.24) is 23.9 Å². The molecule has 1 N–H and O–H groups in total. The Morgan fingerprint density at radius 2 is 1.54 bits per heavy atom. The number of amides is 3. The van der Waals surface area contributed by atoms with E-state index in [9.17, 15) is 27.6 Å². The number of rotatable bonds is 8. The summed E-state index contributed by atoms with van der Waals surface area (Å²) in [6.07, 6.45) is -1.64. The van der Waals surface area contributed by atoms with Crippen LogP contribution >= 0.6 is 11.3 Å². The molecule has 3 aromatic carbocycles. The fourth-order valence-electron chi connectivity index (χ4n) is 4.58. The zero-order chi connectivity index (χ0) is 32.3. The molecule has 14 nitrogen and oxygen atoms in total. The Morgan fingerprint density at radius 3 is 2.17 bits per heavy atom. The van der Waals surface area contributed by atoms with Crippen molar-refractivity contribution in [3.05, 3.63) is 119 Å². The van der Waals surface area contributed by atoms with Gasteiger partial charge in [0.1, 0.15) is 12.4 Å². The minimum atomic E-state index is -4.32. The first kappa shape index (κ1) is 30.4. The van der Waals surface area contributed by atoms with Gasteiger partial charge in [0.25, 0.3) is 15.9 Å². The second-order valence-corrected chi connectivity index (χ2v) is 12.9. The molecule has 5 aromatic rings. The van der Waals surface area contributed by atoms with Crippen LogP contribution in [0.3, 0.4) is 0 Å². The Morgan fingerprint density at radius 1 is 0.891 bits per heavy atom. The largest absolute Gasteiger partial charge is 0.448 e. The van der Waals surface area contributed by atoms with Crippen LogP contribution < -0.4 is 11.0 Å². The molecule has 1 saturated heterocycles. The number of para-hydroxylation sites is 1. The van der Waals surface area contributed by atoms with Gasteiger partial charge in [0.05, 0.1) is 23.3 Å². The number of anilines is 1. The summed E-state index contributed by atoms with van der Waals surface area (Å²) in [5.74, 6) is -0.915. The van der Waals surface area contributed by atoms with Crippen molar-refractivity contribution in [2.45, 2.75) is 17.0 Å². The molecule has 16 heteroatoms. The minimum Gasteiger partial charge on any atom is -0.436 e. The molecule has 0 radical (unpaired) electrons. The van der Waals surface area contributed by atoms with Crippen molar-refractivity contribution < 1.29 is 32.4 Å². The molecule has 0 unspecified atom stereocenters. The summed E-state index contributed by atoms with van der Waals surface area (Å²) in [6, 6.07) is 26.4. The van der Waals surface area contributed by atoms with Crippen LogP contribution in [0.1, 0.15) is 17.2 Å². The van der Waals surface area contributed by atoms with Crippen molar-refractivity contribution in [1.29, 1.82) is 0 Å². The summed E-state index contributed by atoms with van der Waals surface area (Å²) < 4.78 is 33.6. The topological polar surface area (TPSA) is 170 Å². The fraction of sp³-hybridized carbons (Fsp3) is 0.133. The standard InChI is InChI=1S/C30H24N6O8S2/c37-25(35-17-18-36(30(40)44-35)46(41,42)29-31-22-13-7-8-14-23(22)45-29)19-34-16-15-24(32-27(34)38)33-28(39)43-26(20-9-3-1-4-10-20)21-11-5-2-6-12-21/h1-16,26H,17-19H2,(H,32,33,38,39). The van der Waals surface area contributed by atoms with Gasteiger partial charge in [-0.1, -0.05) is 72.8 Å². The Kier molecular flexibility index (Phi) is 8.45. The molecule has 1 aliphatic heterocycles. The predicted octanol–water partition coefficient (Wildman–Crippen LogP) is 3.78. The third-order valence-electron chi connectivity index (χ3n) is 6.80. The van der Waals surface area contributed by atoms with E-state index >= 15 is 0 Å². The molecule has 0 bridgehead atoms. The average Bonchev–Trinajstić information content (AvgIpc) is 3.51. The molecule has 1 aliphatic rings. The summed E-state index contributed by atoms with van der Waals surface area (Å²) in [5.41, 5.74) is 1.06. The zero-order valence-electron chi connectivity index (χ0n) is 23.8. The number of sulfonamides is 1. The van der Waals surface area contributed by atoms with Crippen LogP contribution in [0.15, 0.2) is 106 Å². The smallest absolute Gasteiger partial charge is 0.436 e. The maximum absolute atomic E-state index is 13.1. The molecular weight excluding hydrogens is 636 g/mol. The van der Waals surface area contributed by atoms with Crippen LogP contribution in [-0.4, -0.2) is 63.5 Å². The van der Waals surface area contributed by atoms with Crippen LogP contribution in [-0.2, 0) is 30.9 Å².